The molecule has 17 heavy (non-hydrogen) atoms. The van der Waals surface area contributed by atoms with E-state index in [2.05, 4.69) is 19.1 Å². The van der Waals surface area contributed by atoms with E-state index in [1.54, 1.807) is 11.8 Å². The maximum absolute atomic E-state index is 4.70. The van der Waals surface area contributed by atoms with Gasteiger partial charge in [0.15, 0.2) is 0 Å². The zero-order chi connectivity index (χ0) is 12.5. The van der Waals surface area contributed by atoms with E-state index in [-0.39, 0.29) is 0 Å². The lowest BCUT2D eigenvalue weighted by molar-refractivity contribution is 1.50. The number of benzene rings is 1. The van der Waals surface area contributed by atoms with Gasteiger partial charge in [0.05, 0.1) is 5.69 Å². The number of para-hydroxylation sites is 1. The van der Waals surface area contributed by atoms with Gasteiger partial charge in [-0.15, -0.1) is 11.8 Å². The lowest BCUT2D eigenvalue weighted by Crippen LogP contribution is -1.95. The molecule has 0 aromatic heterocycles. The van der Waals surface area contributed by atoms with Crippen LogP contribution in [0.25, 0.3) is 0 Å². The van der Waals surface area contributed by atoms with Crippen molar-refractivity contribution in [1.29, 1.82) is 0 Å². The maximum Gasteiger partial charge on any atom is 0.104 e. The summed E-state index contributed by atoms with van der Waals surface area (Å²) in [4.78, 5) is 4.70. The molecule has 2 heteroatoms. The second kappa shape index (κ2) is 7.91. The van der Waals surface area contributed by atoms with Gasteiger partial charge in [-0.1, -0.05) is 43.4 Å². The topological polar surface area (TPSA) is 12.4 Å². The average Bonchev–Trinajstić information content (AvgIpc) is 2.37. The molecule has 0 unspecified atom stereocenters. The molecule has 1 nitrogen and oxygen atoms in total. The molecule has 0 saturated heterocycles. The molecular formula is C15H19NS. The summed E-state index contributed by atoms with van der Waals surface area (Å²) in [6.07, 6.45) is 6.25. The van der Waals surface area contributed by atoms with Gasteiger partial charge in [-0.3, -0.25) is 0 Å². The monoisotopic (exact) mass is 245 g/mol. The van der Waals surface area contributed by atoms with Crippen molar-refractivity contribution in [3.05, 3.63) is 54.1 Å². The van der Waals surface area contributed by atoms with Crippen LogP contribution < -0.4 is 0 Å². The number of thioether (sulfide) groups is 1. The molecule has 0 spiro atoms. The summed E-state index contributed by atoms with van der Waals surface area (Å²) in [5.41, 5.74) is 2.19. The number of hydrogen-bond donors (Lipinski definition) is 0. The van der Waals surface area contributed by atoms with E-state index in [9.17, 15) is 0 Å². The number of hydrogen-bond acceptors (Lipinski definition) is 2. The van der Waals surface area contributed by atoms with Crippen LogP contribution >= 0.6 is 11.8 Å². The SMILES string of the molecule is CC=CC(=CC)C(=Nc1ccccc1)SCC. The van der Waals surface area contributed by atoms with E-state index in [0.717, 1.165) is 16.5 Å². The van der Waals surface area contributed by atoms with Crippen LogP contribution in [-0.4, -0.2) is 10.8 Å². The Morgan fingerprint density at radius 3 is 2.47 bits per heavy atom. The van der Waals surface area contributed by atoms with Gasteiger partial charge in [0, 0.05) is 5.57 Å². The van der Waals surface area contributed by atoms with Crippen LogP contribution in [0.1, 0.15) is 20.8 Å². The van der Waals surface area contributed by atoms with Crippen molar-refractivity contribution in [3.63, 3.8) is 0 Å². The summed E-state index contributed by atoms with van der Waals surface area (Å²) in [6, 6.07) is 10.1. The molecule has 0 radical (unpaired) electrons. The quantitative estimate of drug-likeness (QED) is 0.413. The zero-order valence-electron chi connectivity index (χ0n) is 10.7. The fourth-order valence-corrected chi connectivity index (χ4v) is 2.20. The minimum atomic E-state index is 1.01. The Morgan fingerprint density at radius 1 is 1.24 bits per heavy atom. The van der Waals surface area contributed by atoms with Gasteiger partial charge in [-0.05, 0) is 31.7 Å². The summed E-state index contributed by atoms with van der Waals surface area (Å²) in [7, 11) is 0. The third-order valence-corrected chi connectivity index (χ3v) is 3.06. The Kier molecular flexibility index (Phi) is 6.41. The van der Waals surface area contributed by atoms with Crippen molar-refractivity contribution < 1.29 is 0 Å². The van der Waals surface area contributed by atoms with Gasteiger partial charge in [-0.2, -0.15) is 0 Å². The Hall–Kier alpha value is -1.28. The molecule has 0 amide bonds. The van der Waals surface area contributed by atoms with Gasteiger partial charge in [-0.25, -0.2) is 4.99 Å². The fourth-order valence-electron chi connectivity index (χ4n) is 1.41. The highest BCUT2D eigenvalue weighted by molar-refractivity contribution is 8.14. The second-order valence-corrected chi connectivity index (χ2v) is 4.68. The van der Waals surface area contributed by atoms with Crippen molar-refractivity contribution in [1.82, 2.24) is 0 Å². The molecule has 0 aliphatic heterocycles. The molecule has 0 atom stereocenters. The van der Waals surface area contributed by atoms with E-state index >= 15 is 0 Å². The predicted octanol–water partition coefficient (Wildman–Crippen LogP) is 4.99. The first-order chi connectivity index (χ1) is 8.31. The fraction of sp³-hybridized carbons (Fsp3) is 0.267. The summed E-state index contributed by atoms with van der Waals surface area (Å²) in [6.45, 7) is 6.22. The summed E-state index contributed by atoms with van der Waals surface area (Å²) in [5, 5.41) is 1.08. The molecular weight excluding hydrogens is 226 g/mol. The van der Waals surface area contributed by atoms with Crippen LogP contribution in [0.2, 0.25) is 0 Å². The minimum Gasteiger partial charge on any atom is -0.241 e. The minimum absolute atomic E-state index is 1.01. The van der Waals surface area contributed by atoms with Crippen molar-refractivity contribution >= 4 is 22.5 Å². The number of nitrogens with zero attached hydrogens (tertiary/aromatic N) is 1. The highest BCUT2D eigenvalue weighted by atomic mass is 32.2. The zero-order valence-corrected chi connectivity index (χ0v) is 11.5. The Balaban J connectivity index is 3.04. The van der Waals surface area contributed by atoms with E-state index in [4.69, 9.17) is 4.99 Å². The van der Waals surface area contributed by atoms with Gasteiger partial charge in [0.2, 0.25) is 0 Å². The molecule has 0 heterocycles. The number of aliphatic imine (C=N–C) groups is 1. The Labute approximate surface area is 108 Å². The molecule has 90 valence electrons. The average molecular weight is 245 g/mol. The first-order valence-electron chi connectivity index (χ1n) is 5.87. The Morgan fingerprint density at radius 2 is 1.94 bits per heavy atom. The standard InChI is InChI=1S/C15H19NS/c1-4-10-13(5-2)15(17-6-3)16-14-11-8-7-9-12-14/h4-5,7-12H,6H2,1-3H3. The molecule has 0 saturated carbocycles. The van der Waals surface area contributed by atoms with Gasteiger partial charge in [0.1, 0.15) is 5.04 Å². The lowest BCUT2D eigenvalue weighted by atomic mass is 10.2. The summed E-state index contributed by atoms with van der Waals surface area (Å²) in [5.74, 6) is 1.03. The molecule has 0 aliphatic rings. The van der Waals surface area contributed by atoms with E-state index in [1.165, 1.54) is 5.57 Å². The Bertz CT molecular complexity index is 416. The lowest BCUT2D eigenvalue weighted by Gasteiger charge is -2.05. The first-order valence-corrected chi connectivity index (χ1v) is 6.86. The van der Waals surface area contributed by atoms with Crippen LogP contribution in [0, 0.1) is 0 Å². The predicted molar refractivity (Wildman–Crippen MR) is 80.2 cm³/mol. The van der Waals surface area contributed by atoms with Crippen LogP contribution in [0.3, 0.4) is 0 Å². The third kappa shape index (κ3) is 4.61. The van der Waals surface area contributed by atoms with Crippen molar-refractivity contribution in [2.75, 3.05) is 5.75 Å². The molecule has 0 aliphatic carbocycles. The van der Waals surface area contributed by atoms with Gasteiger partial charge >= 0.3 is 0 Å². The van der Waals surface area contributed by atoms with Crippen LogP contribution in [0.5, 0.6) is 0 Å². The number of rotatable bonds is 4. The van der Waals surface area contributed by atoms with Crippen LogP contribution in [0.15, 0.2) is 59.1 Å². The first kappa shape index (κ1) is 13.8. The second-order valence-electron chi connectivity index (χ2n) is 3.43. The van der Waals surface area contributed by atoms with Crippen molar-refractivity contribution in [3.8, 4) is 0 Å². The molecule has 0 bridgehead atoms. The third-order valence-electron chi connectivity index (χ3n) is 2.17. The highest BCUT2D eigenvalue weighted by Crippen LogP contribution is 2.20. The van der Waals surface area contributed by atoms with Crippen molar-refractivity contribution in [2.45, 2.75) is 20.8 Å². The largest absolute Gasteiger partial charge is 0.241 e. The molecule has 1 aromatic rings. The summed E-state index contributed by atoms with van der Waals surface area (Å²) >= 11 is 1.77. The maximum atomic E-state index is 4.70. The van der Waals surface area contributed by atoms with Gasteiger partial charge in [0.25, 0.3) is 0 Å². The molecule has 1 rings (SSSR count). The van der Waals surface area contributed by atoms with E-state index in [1.807, 2.05) is 50.3 Å². The van der Waals surface area contributed by atoms with Crippen LogP contribution in [0.4, 0.5) is 5.69 Å². The summed E-state index contributed by atoms with van der Waals surface area (Å²) < 4.78 is 0. The highest BCUT2D eigenvalue weighted by Gasteiger charge is 2.03. The van der Waals surface area contributed by atoms with Crippen molar-refractivity contribution in [2.24, 2.45) is 4.99 Å². The molecule has 1 aromatic carbocycles. The smallest absolute Gasteiger partial charge is 0.104 e. The molecule has 0 N–H and O–H groups in total. The van der Waals surface area contributed by atoms with Gasteiger partial charge < -0.3 is 0 Å². The van der Waals surface area contributed by atoms with E-state index < -0.39 is 0 Å². The number of allylic oxidation sites excluding steroid dienone is 3. The van der Waals surface area contributed by atoms with E-state index in [0.29, 0.717) is 0 Å². The van der Waals surface area contributed by atoms with Crippen LogP contribution in [-0.2, 0) is 0 Å². The molecule has 0 fully saturated rings. The normalized spacial score (nSPS) is 13.4.